The number of para-hydroxylation sites is 1. The number of aryl methyl sites for hydroxylation is 1. The van der Waals surface area contributed by atoms with Crippen molar-refractivity contribution in [3.63, 3.8) is 0 Å². The maximum Gasteiger partial charge on any atom is 0.237 e. The highest BCUT2D eigenvalue weighted by atomic mass is 32.2. The van der Waals surface area contributed by atoms with Crippen LogP contribution in [0.25, 0.3) is 0 Å². The lowest BCUT2D eigenvalue weighted by Gasteiger charge is -2.11. The van der Waals surface area contributed by atoms with Gasteiger partial charge in [0.25, 0.3) is 0 Å². The van der Waals surface area contributed by atoms with Crippen LogP contribution < -0.4 is 5.32 Å². The Morgan fingerprint density at radius 2 is 2.00 bits per heavy atom. The summed E-state index contributed by atoms with van der Waals surface area (Å²) < 4.78 is 0. The molecule has 0 fully saturated rings. The maximum atomic E-state index is 12.0. The normalized spacial score (nSPS) is 11.9. The maximum absolute atomic E-state index is 12.0. The van der Waals surface area contributed by atoms with Gasteiger partial charge in [0.05, 0.1) is 5.25 Å². The molecule has 1 heterocycles. The second-order valence-corrected chi connectivity index (χ2v) is 5.47. The molecule has 1 unspecified atom stereocenters. The number of rotatable bonds is 4. The molecular weight excluding hydrogens is 258 g/mol. The van der Waals surface area contributed by atoms with E-state index in [0.29, 0.717) is 0 Å². The number of hydrogen-bond acceptors (Lipinski definition) is 4. The molecule has 4 nitrogen and oxygen atoms in total. The number of carbonyl (C=O) groups excluding carboxylic acids is 1. The van der Waals surface area contributed by atoms with E-state index in [1.807, 2.05) is 50.2 Å². The first kappa shape index (κ1) is 13.5. The number of benzene rings is 1. The number of nitrogens with zero attached hydrogens (tertiary/aromatic N) is 2. The van der Waals surface area contributed by atoms with Crippen molar-refractivity contribution in [2.45, 2.75) is 24.1 Å². The quantitative estimate of drug-likeness (QED) is 0.687. The smallest absolute Gasteiger partial charge is 0.237 e. The summed E-state index contributed by atoms with van der Waals surface area (Å²) in [5, 5.41) is 3.47. The van der Waals surface area contributed by atoms with Crippen molar-refractivity contribution in [1.82, 2.24) is 9.97 Å². The summed E-state index contributed by atoms with van der Waals surface area (Å²) >= 11 is 1.42. The van der Waals surface area contributed by atoms with Crippen LogP contribution in [0.15, 0.2) is 47.8 Å². The molecule has 1 aromatic heterocycles. The molecule has 0 radical (unpaired) electrons. The molecule has 0 bridgehead atoms. The van der Waals surface area contributed by atoms with Gasteiger partial charge in [-0.25, -0.2) is 9.97 Å². The Balaban J connectivity index is 1.96. The van der Waals surface area contributed by atoms with Crippen LogP contribution in [0.5, 0.6) is 0 Å². The van der Waals surface area contributed by atoms with Crippen LogP contribution in [0.2, 0.25) is 0 Å². The summed E-state index contributed by atoms with van der Waals surface area (Å²) in [7, 11) is 0. The number of carbonyl (C=O) groups is 1. The van der Waals surface area contributed by atoms with Gasteiger partial charge in [-0.05, 0) is 32.0 Å². The number of amides is 1. The van der Waals surface area contributed by atoms with Gasteiger partial charge in [0.1, 0.15) is 11.4 Å². The fourth-order valence-corrected chi connectivity index (χ4v) is 2.37. The molecule has 0 aliphatic heterocycles. The molecular formula is C14H15N3OS. The molecule has 1 atom stereocenters. The van der Waals surface area contributed by atoms with Crippen molar-refractivity contribution >= 4 is 23.4 Å². The highest BCUT2D eigenvalue weighted by Crippen LogP contribution is 2.22. The van der Waals surface area contributed by atoms with Crippen LogP contribution in [0.3, 0.4) is 0 Å². The van der Waals surface area contributed by atoms with Gasteiger partial charge in [-0.2, -0.15) is 0 Å². The summed E-state index contributed by atoms with van der Waals surface area (Å²) in [5.74, 6) is -0.0348. The molecule has 0 saturated carbocycles. The summed E-state index contributed by atoms with van der Waals surface area (Å²) in [6.07, 6.45) is 1.51. The number of hydrogen-bond donors (Lipinski definition) is 1. The predicted molar refractivity (Wildman–Crippen MR) is 77.2 cm³/mol. The largest absolute Gasteiger partial charge is 0.325 e. The number of aromatic nitrogens is 2. The van der Waals surface area contributed by atoms with Gasteiger partial charge >= 0.3 is 0 Å². The molecule has 5 heteroatoms. The van der Waals surface area contributed by atoms with Crippen LogP contribution >= 0.6 is 11.8 Å². The third kappa shape index (κ3) is 4.06. The topological polar surface area (TPSA) is 54.9 Å². The summed E-state index contributed by atoms with van der Waals surface area (Å²) in [5.41, 5.74) is 1.70. The molecule has 1 aromatic carbocycles. The van der Waals surface area contributed by atoms with Crippen LogP contribution in [-0.4, -0.2) is 21.1 Å². The molecule has 1 N–H and O–H groups in total. The first-order valence-electron chi connectivity index (χ1n) is 5.96. The number of anilines is 1. The number of nitrogens with one attached hydrogen (secondary N) is 1. The van der Waals surface area contributed by atoms with E-state index in [1.165, 1.54) is 18.1 Å². The fraction of sp³-hybridized carbons (Fsp3) is 0.214. The Hall–Kier alpha value is -1.88. The second kappa shape index (κ2) is 6.33. The van der Waals surface area contributed by atoms with Gasteiger partial charge in [0, 0.05) is 11.4 Å². The van der Waals surface area contributed by atoms with Crippen LogP contribution in [-0.2, 0) is 4.79 Å². The van der Waals surface area contributed by atoms with Crippen LogP contribution in [0.1, 0.15) is 12.6 Å². The van der Waals surface area contributed by atoms with E-state index < -0.39 is 0 Å². The molecule has 2 aromatic rings. The van der Waals surface area contributed by atoms with E-state index in [4.69, 9.17) is 0 Å². The first-order valence-corrected chi connectivity index (χ1v) is 6.84. The highest BCUT2D eigenvalue weighted by molar-refractivity contribution is 8.00. The minimum absolute atomic E-state index is 0.0348. The Labute approximate surface area is 116 Å². The van der Waals surface area contributed by atoms with Crippen molar-refractivity contribution in [3.8, 4) is 0 Å². The van der Waals surface area contributed by atoms with Gasteiger partial charge in [0.2, 0.25) is 5.91 Å². The van der Waals surface area contributed by atoms with Crippen molar-refractivity contribution in [1.29, 1.82) is 0 Å². The zero-order chi connectivity index (χ0) is 13.7. The number of thioether (sulfide) groups is 1. The fourth-order valence-electron chi connectivity index (χ4n) is 1.49. The molecule has 1 amide bonds. The summed E-state index contributed by atoms with van der Waals surface area (Å²) in [4.78, 5) is 20.2. The van der Waals surface area contributed by atoms with Crippen LogP contribution in [0, 0.1) is 6.92 Å². The van der Waals surface area contributed by atoms with Gasteiger partial charge in [-0.15, -0.1) is 0 Å². The Morgan fingerprint density at radius 3 is 2.68 bits per heavy atom. The third-order valence-electron chi connectivity index (χ3n) is 2.49. The first-order chi connectivity index (χ1) is 9.15. The predicted octanol–water partition coefficient (Wildman–Crippen LogP) is 2.90. The standard InChI is InChI=1S/C14H15N3OS/c1-10-8-13(16-9-15-10)19-11(2)14(18)17-12-6-4-3-5-7-12/h3-9,11H,1-2H3,(H,17,18). The zero-order valence-corrected chi connectivity index (χ0v) is 11.6. The second-order valence-electron chi connectivity index (χ2n) is 4.11. The van der Waals surface area contributed by atoms with E-state index in [0.717, 1.165) is 16.4 Å². The van der Waals surface area contributed by atoms with E-state index in [-0.39, 0.29) is 11.2 Å². The Kier molecular flexibility index (Phi) is 4.52. The third-order valence-corrected chi connectivity index (χ3v) is 3.52. The molecule has 0 aliphatic rings. The SMILES string of the molecule is Cc1cc(SC(C)C(=O)Nc2ccccc2)ncn1. The van der Waals surface area contributed by atoms with E-state index >= 15 is 0 Å². The van der Waals surface area contributed by atoms with Gasteiger partial charge in [-0.1, -0.05) is 30.0 Å². The lowest BCUT2D eigenvalue weighted by atomic mass is 10.3. The van der Waals surface area contributed by atoms with Gasteiger partial charge in [-0.3, -0.25) is 4.79 Å². The van der Waals surface area contributed by atoms with Gasteiger partial charge in [0.15, 0.2) is 0 Å². The van der Waals surface area contributed by atoms with Crippen molar-refractivity contribution in [2.24, 2.45) is 0 Å². The van der Waals surface area contributed by atoms with Crippen molar-refractivity contribution in [2.75, 3.05) is 5.32 Å². The van der Waals surface area contributed by atoms with Crippen LogP contribution in [0.4, 0.5) is 5.69 Å². The summed E-state index contributed by atoms with van der Waals surface area (Å²) in [6.45, 7) is 3.76. The summed E-state index contributed by atoms with van der Waals surface area (Å²) in [6, 6.07) is 11.3. The zero-order valence-electron chi connectivity index (χ0n) is 10.8. The molecule has 0 spiro atoms. The molecule has 98 valence electrons. The molecule has 0 aliphatic carbocycles. The van der Waals surface area contributed by atoms with Crippen molar-refractivity contribution < 1.29 is 4.79 Å². The Morgan fingerprint density at radius 1 is 1.26 bits per heavy atom. The molecule has 2 rings (SSSR count). The average Bonchev–Trinajstić information content (AvgIpc) is 2.40. The molecule has 0 saturated heterocycles. The van der Waals surface area contributed by atoms with E-state index in [1.54, 1.807) is 0 Å². The minimum Gasteiger partial charge on any atom is -0.325 e. The lowest BCUT2D eigenvalue weighted by molar-refractivity contribution is -0.115. The van der Waals surface area contributed by atoms with Gasteiger partial charge < -0.3 is 5.32 Å². The van der Waals surface area contributed by atoms with E-state index in [9.17, 15) is 4.79 Å². The lowest BCUT2D eigenvalue weighted by Crippen LogP contribution is -2.22. The minimum atomic E-state index is -0.213. The highest BCUT2D eigenvalue weighted by Gasteiger charge is 2.15. The monoisotopic (exact) mass is 273 g/mol. The van der Waals surface area contributed by atoms with E-state index in [2.05, 4.69) is 15.3 Å². The Bertz CT molecular complexity index is 560. The van der Waals surface area contributed by atoms with Crippen molar-refractivity contribution in [3.05, 3.63) is 48.4 Å². The molecule has 19 heavy (non-hydrogen) atoms. The average molecular weight is 273 g/mol.